The number of anilines is 2. The molecule has 5 heteroatoms. The van der Waals surface area contributed by atoms with E-state index in [4.69, 9.17) is 10.5 Å². The van der Waals surface area contributed by atoms with Gasteiger partial charge in [-0.3, -0.25) is 4.79 Å². The first-order valence-corrected chi connectivity index (χ1v) is 7.06. The van der Waals surface area contributed by atoms with Crippen LogP contribution in [0.5, 0.6) is 0 Å². The van der Waals surface area contributed by atoms with Gasteiger partial charge in [-0.1, -0.05) is 19.8 Å². The highest BCUT2D eigenvalue weighted by Crippen LogP contribution is 2.19. The SMILES string of the molecule is CCCCCOCCCC(=O)Nc1ccc(F)cc1N. The fourth-order valence-corrected chi connectivity index (χ4v) is 1.75. The van der Waals surface area contributed by atoms with Crippen molar-refractivity contribution in [1.82, 2.24) is 0 Å². The molecule has 0 saturated carbocycles. The number of nitrogens with one attached hydrogen (secondary N) is 1. The zero-order valence-electron chi connectivity index (χ0n) is 12.0. The normalized spacial score (nSPS) is 10.5. The highest BCUT2D eigenvalue weighted by atomic mass is 19.1. The summed E-state index contributed by atoms with van der Waals surface area (Å²) in [6.07, 6.45) is 4.44. The smallest absolute Gasteiger partial charge is 0.224 e. The van der Waals surface area contributed by atoms with E-state index in [-0.39, 0.29) is 11.6 Å². The number of rotatable bonds is 9. The van der Waals surface area contributed by atoms with E-state index in [0.29, 0.717) is 25.1 Å². The molecule has 0 aliphatic heterocycles. The van der Waals surface area contributed by atoms with Gasteiger partial charge in [-0.05, 0) is 31.0 Å². The van der Waals surface area contributed by atoms with Crippen LogP contribution >= 0.6 is 0 Å². The van der Waals surface area contributed by atoms with Crippen molar-refractivity contribution in [2.45, 2.75) is 39.0 Å². The molecule has 0 aliphatic rings. The Morgan fingerprint density at radius 1 is 1.30 bits per heavy atom. The first-order chi connectivity index (χ1) is 9.63. The van der Waals surface area contributed by atoms with Crippen molar-refractivity contribution in [2.24, 2.45) is 0 Å². The molecule has 0 fully saturated rings. The molecule has 112 valence electrons. The Hall–Kier alpha value is -1.62. The number of halogens is 1. The summed E-state index contributed by atoms with van der Waals surface area (Å²) >= 11 is 0. The number of ether oxygens (including phenoxy) is 1. The van der Waals surface area contributed by atoms with Crippen molar-refractivity contribution >= 4 is 17.3 Å². The second-order valence-corrected chi connectivity index (χ2v) is 4.70. The number of carbonyl (C=O) groups excluding carboxylic acids is 1. The maximum Gasteiger partial charge on any atom is 0.224 e. The molecule has 0 atom stereocenters. The molecule has 1 aromatic carbocycles. The number of hydrogen-bond donors (Lipinski definition) is 2. The summed E-state index contributed by atoms with van der Waals surface area (Å²) in [6, 6.07) is 3.92. The Morgan fingerprint density at radius 3 is 2.75 bits per heavy atom. The van der Waals surface area contributed by atoms with Crippen LogP contribution in [0.4, 0.5) is 15.8 Å². The van der Waals surface area contributed by atoms with Gasteiger partial charge in [0.2, 0.25) is 5.91 Å². The Morgan fingerprint density at radius 2 is 2.05 bits per heavy atom. The Balaban J connectivity index is 2.17. The third kappa shape index (κ3) is 6.52. The number of carbonyl (C=O) groups is 1. The van der Waals surface area contributed by atoms with Gasteiger partial charge in [0.25, 0.3) is 0 Å². The number of amides is 1. The molecule has 0 aromatic heterocycles. The maximum atomic E-state index is 12.9. The molecule has 1 amide bonds. The van der Waals surface area contributed by atoms with Gasteiger partial charge in [0.15, 0.2) is 0 Å². The van der Waals surface area contributed by atoms with Crippen molar-refractivity contribution in [3.8, 4) is 0 Å². The third-order valence-electron chi connectivity index (χ3n) is 2.87. The van der Waals surface area contributed by atoms with E-state index in [9.17, 15) is 9.18 Å². The predicted octanol–water partition coefficient (Wildman–Crippen LogP) is 3.33. The summed E-state index contributed by atoms with van der Waals surface area (Å²) in [7, 11) is 0. The van der Waals surface area contributed by atoms with Gasteiger partial charge in [0, 0.05) is 19.6 Å². The van der Waals surface area contributed by atoms with E-state index in [1.54, 1.807) is 0 Å². The van der Waals surface area contributed by atoms with Gasteiger partial charge >= 0.3 is 0 Å². The molecule has 4 nitrogen and oxygen atoms in total. The molecular weight excluding hydrogens is 259 g/mol. The van der Waals surface area contributed by atoms with Gasteiger partial charge in [0.05, 0.1) is 11.4 Å². The number of benzene rings is 1. The van der Waals surface area contributed by atoms with Crippen molar-refractivity contribution in [1.29, 1.82) is 0 Å². The third-order valence-corrected chi connectivity index (χ3v) is 2.87. The molecule has 1 aromatic rings. The summed E-state index contributed by atoms with van der Waals surface area (Å²) in [5.74, 6) is -0.554. The molecule has 3 N–H and O–H groups in total. The molecule has 20 heavy (non-hydrogen) atoms. The highest BCUT2D eigenvalue weighted by Gasteiger charge is 2.05. The van der Waals surface area contributed by atoms with Crippen LogP contribution in [0.1, 0.15) is 39.0 Å². The minimum atomic E-state index is -0.416. The fourth-order valence-electron chi connectivity index (χ4n) is 1.75. The predicted molar refractivity (Wildman–Crippen MR) is 79.0 cm³/mol. The summed E-state index contributed by atoms with van der Waals surface area (Å²) < 4.78 is 18.3. The molecule has 0 aliphatic carbocycles. The van der Waals surface area contributed by atoms with E-state index in [1.807, 2.05) is 0 Å². The first-order valence-electron chi connectivity index (χ1n) is 7.06. The highest BCUT2D eigenvalue weighted by molar-refractivity contribution is 5.93. The molecule has 0 saturated heterocycles. The lowest BCUT2D eigenvalue weighted by molar-refractivity contribution is -0.116. The van der Waals surface area contributed by atoms with Crippen LogP contribution in [0.2, 0.25) is 0 Å². The van der Waals surface area contributed by atoms with Gasteiger partial charge in [0.1, 0.15) is 5.82 Å². The van der Waals surface area contributed by atoms with Crippen molar-refractivity contribution < 1.29 is 13.9 Å². The topological polar surface area (TPSA) is 64.3 Å². The number of nitrogens with two attached hydrogens (primary N) is 1. The van der Waals surface area contributed by atoms with Crippen LogP contribution in [-0.2, 0) is 9.53 Å². The lowest BCUT2D eigenvalue weighted by atomic mass is 10.2. The van der Waals surface area contributed by atoms with Crippen molar-refractivity contribution in [3.05, 3.63) is 24.0 Å². The van der Waals surface area contributed by atoms with Crippen molar-refractivity contribution in [3.63, 3.8) is 0 Å². The zero-order valence-corrected chi connectivity index (χ0v) is 12.0. The molecule has 0 bridgehead atoms. The lowest BCUT2D eigenvalue weighted by Gasteiger charge is -2.08. The standard InChI is InChI=1S/C15H23FN2O2/c1-2-3-4-9-20-10-5-6-15(19)18-14-8-7-12(16)11-13(14)17/h7-8,11H,2-6,9-10,17H2,1H3,(H,18,19). The van der Waals surface area contributed by atoms with Crippen LogP contribution in [0, 0.1) is 5.82 Å². The maximum absolute atomic E-state index is 12.9. The molecule has 0 unspecified atom stereocenters. The lowest BCUT2D eigenvalue weighted by Crippen LogP contribution is -2.13. The van der Waals surface area contributed by atoms with Gasteiger partial charge in [-0.2, -0.15) is 0 Å². The van der Waals surface area contributed by atoms with E-state index in [1.165, 1.54) is 31.0 Å². The van der Waals surface area contributed by atoms with Crippen molar-refractivity contribution in [2.75, 3.05) is 24.3 Å². The van der Waals surface area contributed by atoms with Crippen LogP contribution in [0.15, 0.2) is 18.2 Å². The second-order valence-electron chi connectivity index (χ2n) is 4.70. The van der Waals surface area contributed by atoms with E-state index < -0.39 is 5.82 Å². The van der Waals surface area contributed by atoms with Gasteiger partial charge in [-0.25, -0.2) is 4.39 Å². The first kappa shape index (κ1) is 16.4. The molecule has 0 spiro atoms. The molecular formula is C15H23FN2O2. The van der Waals surface area contributed by atoms with Gasteiger partial charge in [-0.15, -0.1) is 0 Å². The Labute approximate surface area is 119 Å². The Kier molecular flexibility index (Phi) is 7.65. The number of unbranched alkanes of at least 4 members (excludes halogenated alkanes) is 2. The van der Waals surface area contributed by atoms with Crippen LogP contribution in [0.3, 0.4) is 0 Å². The zero-order chi connectivity index (χ0) is 14.8. The van der Waals surface area contributed by atoms with Crippen LogP contribution in [0.25, 0.3) is 0 Å². The summed E-state index contributed by atoms with van der Waals surface area (Å²) in [5, 5.41) is 2.66. The minimum absolute atomic E-state index is 0.138. The van der Waals surface area contributed by atoms with E-state index in [2.05, 4.69) is 12.2 Å². The summed E-state index contributed by atoms with van der Waals surface area (Å²) in [6.45, 7) is 3.47. The summed E-state index contributed by atoms with van der Waals surface area (Å²) in [5.41, 5.74) is 6.29. The Bertz CT molecular complexity index is 424. The average Bonchev–Trinajstić information content (AvgIpc) is 2.41. The van der Waals surface area contributed by atoms with Crippen LogP contribution in [-0.4, -0.2) is 19.1 Å². The number of hydrogen-bond acceptors (Lipinski definition) is 3. The molecule has 0 radical (unpaired) electrons. The average molecular weight is 282 g/mol. The minimum Gasteiger partial charge on any atom is -0.397 e. The van der Waals surface area contributed by atoms with E-state index >= 15 is 0 Å². The van der Waals surface area contributed by atoms with Crippen LogP contribution < -0.4 is 11.1 Å². The van der Waals surface area contributed by atoms with E-state index in [0.717, 1.165) is 13.0 Å². The fraction of sp³-hybridized carbons (Fsp3) is 0.533. The largest absolute Gasteiger partial charge is 0.397 e. The second kappa shape index (κ2) is 9.31. The summed E-state index contributed by atoms with van der Waals surface area (Å²) in [4.78, 5) is 11.7. The quantitative estimate of drug-likeness (QED) is 0.539. The number of nitrogen functional groups attached to an aromatic ring is 1. The molecule has 0 heterocycles. The monoisotopic (exact) mass is 282 g/mol. The van der Waals surface area contributed by atoms with Gasteiger partial charge < -0.3 is 15.8 Å². The molecule has 1 rings (SSSR count).